The van der Waals surface area contributed by atoms with E-state index in [1.54, 1.807) is 0 Å². The quantitative estimate of drug-likeness (QED) is 0.206. The number of allylic oxidation sites excluding steroid dienone is 2. The van der Waals surface area contributed by atoms with Crippen molar-refractivity contribution >= 4 is 42.0 Å². The van der Waals surface area contributed by atoms with Crippen LogP contribution in [0.25, 0.3) is 56.5 Å². The molecule has 0 saturated heterocycles. The molecular formula is C38H34N2Si. The molecular weight excluding hydrogens is 513 g/mol. The van der Waals surface area contributed by atoms with Gasteiger partial charge in [-0.15, -0.1) is 0 Å². The van der Waals surface area contributed by atoms with Gasteiger partial charge in [-0.05, 0) is 60.4 Å². The van der Waals surface area contributed by atoms with Gasteiger partial charge in [-0.2, -0.15) is 0 Å². The predicted octanol–water partition coefficient (Wildman–Crippen LogP) is 10.5. The van der Waals surface area contributed by atoms with E-state index < -0.39 is 8.07 Å². The first-order chi connectivity index (χ1) is 19.9. The largest absolute Gasteiger partial charge is 0.355 e. The second-order valence-corrected chi connectivity index (χ2v) is 17.4. The van der Waals surface area contributed by atoms with E-state index in [1.807, 2.05) is 0 Å². The SMILES string of the molecule is CC1=Cc2c(-c3cc4ccccc4[nH]3)cccc2C1[Si](C)(C)C1C(C)=Cc2c(-c3cc4ccccc4[nH]3)cccc21. The second-order valence-electron chi connectivity index (χ2n) is 12.6. The van der Waals surface area contributed by atoms with E-state index >= 15 is 0 Å². The molecule has 2 aromatic heterocycles. The van der Waals surface area contributed by atoms with Gasteiger partial charge in [0, 0.05) is 55.4 Å². The van der Waals surface area contributed by atoms with Gasteiger partial charge in [0.15, 0.2) is 0 Å². The number of aromatic nitrogens is 2. The minimum absolute atomic E-state index is 0.470. The molecule has 41 heavy (non-hydrogen) atoms. The topological polar surface area (TPSA) is 31.6 Å². The number of benzene rings is 4. The lowest BCUT2D eigenvalue weighted by Crippen LogP contribution is -2.42. The normalized spacial score (nSPS) is 18.0. The van der Waals surface area contributed by atoms with Crippen molar-refractivity contribution in [3.8, 4) is 22.5 Å². The number of fused-ring (bicyclic) bond motifs is 4. The minimum Gasteiger partial charge on any atom is -0.355 e. The molecule has 2 unspecified atom stereocenters. The summed E-state index contributed by atoms with van der Waals surface area (Å²) in [6.07, 6.45) is 4.96. The number of nitrogens with one attached hydrogen (secondary N) is 2. The Kier molecular flexibility index (Phi) is 5.26. The van der Waals surface area contributed by atoms with E-state index in [1.165, 1.54) is 77.7 Å². The maximum Gasteiger partial charge on any atom is 0.0722 e. The van der Waals surface area contributed by atoms with Gasteiger partial charge in [-0.3, -0.25) is 0 Å². The first-order valence-electron chi connectivity index (χ1n) is 14.7. The maximum atomic E-state index is 3.69. The monoisotopic (exact) mass is 546 g/mol. The Balaban J connectivity index is 1.22. The lowest BCUT2D eigenvalue weighted by atomic mass is 10.0. The highest BCUT2D eigenvalue weighted by Gasteiger charge is 2.47. The highest BCUT2D eigenvalue weighted by atomic mass is 28.3. The number of H-pyrrole nitrogens is 2. The third-order valence-corrected chi connectivity index (χ3v) is 14.2. The van der Waals surface area contributed by atoms with Gasteiger partial charge >= 0.3 is 0 Å². The molecule has 6 aromatic rings. The lowest BCUT2D eigenvalue weighted by Gasteiger charge is -2.39. The van der Waals surface area contributed by atoms with E-state index in [9.17, 15) is 0 Å². The van der Waals surface area contributed by atoms with Crippen molar-refractivity contribution in [2.45, 2.75) is 38.0 Å². The van der Waals surface area contributed by atoms with Crippen LogP contribution in [0.4, 0.5) is 0 Å². The zero-order valence-corrected chi connectivity index (χ0v) is 25.0. The van der Waals surface area contributed by atoms with Crippen molar-refractivity contribution in [3.05, 3.63) is 130 Å². The standard InChI is InChI=1S/C38H34N2Si/c1-23-19-31-27(35-21-25-11-5-7-17-33(25)39-35)13-9-15-29(31)37(23)41(3,4)38-24(2)20-32-28(14-10-16-30(32)38)36-22-26-12-6-8-18-34(26)40-36/h5-22,37-40H,1-4H3. The Hall–Kier alpha value is -4.34. The van der Waals surface area contributed by atoms with Crippen molar-refractivity contribution in [1.82, 2.24) is 9.97 Å². The molecule has 0 radical (unpaired) electrons. The van der Waals surface area contributed by atoms with E-state index in [-0.39, 0.29) is 0 Å². The summed E-state index contributed by atoms with van der Waals surface area (Å²) < 4.78 is 0. The average molecular weight is 547 g/mol. The second kappa shape index (κ2) is 8.83. The molecule has 0 spiro atoms. The van der Waals surface area contributed by atoms with E-state index in [0.29, 0.717) is 11.1 Å². The van der Waals surface area contributed by atoms with Crippen molar-refractivity contribution in [1.29, 1.82) is 0 Å². The summed E-state index contributed by atoms with van der Waals surface area (Å²) in [6.45, 7) is 9.97. The van der Waals surface area contributed by atoms with Gasteiger partial charge in [-0.25, -0.2) is 0 Å². The summed E-state index contributed by atoms with van der Waals surface area (Å²) in [4.78, 5) is 7.37. The highest BCUT2D eigenvalue weighted by Crippen LogP contribution is 2.54. The molecule has 0 bridgehead atoms. The number of hydrogen-bond donors (Lipinski definition) is 2. The fourth-order valence-corrected chi connectivity index (χ4v) is 13.1. The Morgan fingerprint density at radius 3 is 1.41 bits per heavy atom. The van der Waals surface area contributed by atoms with Crippen LogP contribution in [0.15, 0.2) is 108 Å². The number of aromatic amines is 2. The van der Waals surface area contributed by atoms with Gasteiger partial charge in [-0.1, -0.05) is 109 Å². The van der Waals surface area contributed by atoms with Crippen LogP contribution in [0.1, 0.15) is 47.2 Å². The minimum atomic E-state index is -1.93. The van der Waals surface area contributed by atoms with Crippen molar-refractivity contribution < 1.29 is 0 Å². The molecule has 8 rings (SSSR count). The van der Waals surface area contributed by atoms with Crippen LogP contribution < -0.4 is 0 Å². The molecule has 2 nitrogen and oxygen atoms in total. The molecule has 2 heterocycles. The predicted molar refractivity (Wildman–Crippen MR) is 178 cm³/mol. The molecule has 3 heteroatoms. The van der Waals surface area contributed by atoms with Gasteiger partial charge in [0.05, 0.1) is 8.07 Å². The highest BCUT2D eigenvalue weighted by molar-refractivity contribution is 6.81. The molecule has 2 N–H and O–H groups in total. The Bertz CT molecular complexity index is 1850. The Morgan fingerprint density at radius 2 is 0.976 bits per heavy atom. The zero-order valence-electron chi connectivity index (χ0n) is 24.0. The Morgan fingerprint density at radius 1 is 0.537 bits per heavy atom. The fraction of sp³-hybridized carbons (Fsp3) is 0.158. The number of hydrogen-bond acceptors (Lipinski definition) is 0. The van der Waals surface area contributed by atoms with Gasteiger partial charge in [0.2, 0.25) is 0 Å². The molecule has 0 aliphatic heterocycles. The smallest absolute Gasteiger partial charge is 0.0722 e. The first kappa shape index (κ1) is 24.5. The fourth-order valence-electron chi connectivity index (χ4n) is 8.15. The molecule has 200 valence electrons. The molecule has 2 atom stereocenters. The summed E-state index contributed by atoms with van der Waals surface area (Å²) >= 11 is 0. The van der Waals surface area contributed by atoms with Crippen LogP contribution in [-0.4, -0.2) is 18.0 Å². The third kappa shape index (κ3) is 3.62. The van der Waals surface area contributed by atoms with Crippen molar-refractivity contribution in [3.63, 3.8) is 0 Å². The molecule has 2 aliphatic rings. The molecule has 0 fully saturated rings. The third-order valence-electron chi connectivity index (χ3n) is 9.68. The average Bonchev–Trinajstić information content (AvgIpc) is 3.73. The van der Waals surface area contributed by atoms with E-state index in [2.05, 4.69) is 146 Å². The Labute approximate surface area is 242 Å². The summed E-state index contributed by atoms with van der Waals surface area (Å²) in [5, 5.41) is 2.53. The summed E-state index contributed by atoms with van der Waals surface area (Å²) in [5.41, 5.74) is 17.2. The van der Waals surface area contributed by atoms with Gasteiger partial charge in [0.1, 0.15) is 0 Å². The summed E-state index contributed by atoms with van der Waals surface area (Å²) in [6, 6.07) is 35.6. The lowest BCUT2D eigenvalue weighted by molar-refractivity contribution is 0.968. The maximum absolute atomic E-state index is 3.69. The van der Waals surface area contributed by atoms with E-state index in [4.69, 9.17) is 0 Å². The van der Waals surface area contributed by atoms with Crippen LogP contribution in [0, 0.1) is 0 Å². The van der Waals surface area contributed by atoms with E-state index in [0.717, 1.165) is 0 Å². The van der Waals surface area contributed by atoms with Gasteiger partial charge < -0.3 is 9.97 Å². The van der Waals surface area contributed by atoms with Crippen LogP contribution in [0.3, 0.4) is 0 Å². The van der Waals surface area contributed by atoms with Crippen LogP contribution in [-0.2, 0) is 0 Å². The molecule has 0 saturated carbocycles. The van der Waals surface area contributed by atoms with Crippen molar-refractivity contribution in [2.24, 2.45) is 0 Å². The van der Waals surface area contributed by atoms with Crippen LogP contribution in [0.2, 0.25) is 13.1 Å². The van der Waals surface area contributed by atoms with Crippen LogP contribution in [0.5, 0.6) is 0 Å². The molecule has 0 amide bonds. The van der Waals surface area contributed by atoms with Crippen molar-refractivity contribution in [2.75, 3.05) is 0 Å². The summed E-state index contributed by atoms with van der Waals surface area (Å²) in [7, 11) is -1.93. The molecule has 4 aromatic carbocycles. The first-order valence-corrected chi connectivity index (χ1v) is 17.8. The number of rotatable bonds is 4. The summed E-state index contributed by atoms with van der Waals surface area (Å²) in [5.74, 6) is 0. The zero-order chi connectivity index (χ0) is 27.9. The van der Waals surface area contributed by atoms with Crippen LogP contribution >= 0.6 is 0 Å². The number of para-hydroxylation sites is 2. The van der Waals surface area contributed by atoms with Gasteiger partial charge in [0.25, 0.3) is 0 Å². The molecule has 2 aliphatic carbocycles.